The van der Waals surface area contributed by atoms with E-state index in [9.17, 15) is 0 Å². The molecule has 2 N–H and O–H groups in total. The maximum Gasteiger partial charge on any atom is 0.225 e. The van der Waals surface area contributed by atoms with Gasteiger partial charge in [0.15, 0.2) is 5.96 Å². The summed E-state index contributed by atoms with van der Waals surface area (Å²) in [6, 6.07) is 1.86. The van der Waals surface area contributed by atoms with Gasteiger partial charge in [0.05, 0.1) is 0 Å². The van der Waals surface area contributed by atoms with Crippen LogP contribution in [0.3, 0.4) is 0 Å². The van der Waals surface area contributed by atoms with Crippen LogP contribution in [0.2, 0.25) is 0 Å². The van der Waals surface area contributed by atoms with Crippen molar-refractivity contribution in [3.63, 3.8) is 0 Å². The SMILES string of the molecule is CCNC(=NCCCN1CCN(c2ncccn2)CC1)NCCCC(C)C. The first-order valence-electron chi connectivity index (χ1n) is 10.5. The normalized spacial score (nSPS) is 16.0. The Labute approximate surface area is 164 Å². The summed E-state index contributed by atoms with van der Waals surface area (Å²) >= 11 is 0. The van der Waals surface area contributed by atoms with Crippen LogP contribution in [-0.2, 0) is 0 Å². The third kappa shape index (κ3) is 8.56. The second-order valence-corrected chi connectivity index (χ2v) is 7.45. The molecule has 0 aliphatic carbocycles. The first-order chi connectivity index (χ1) is 13.2. The van der Waals surface area contributed by atoms with Crippen molar-refractivity contribution in [2.45, 2.75) is 40.0 Å². The molecule has 1 aliphatic heterocycles. The zero-order valence-corrected chi connectivity index (χ0v) is 17.3. The minimum atomic E-state index is 0.764. The molecule has 0 radical (unpaired) electrons. The Balaban J connectivity index is 1.62. The molecule has 2 rings (SSSR count). The lowest BCUT2D eigenvalue weighted by Crippen LogP contribution is -2.47. The highest BCUT2D eigenvalue weighted by Gasteiger charge is 2.18. The Bertz CT molecular complexity index is 524. The number of nitrogens with one attached hydrogen (secondary N) is 2. The van der Waals surface area contributed by atoms with Gasteiger partial charge in [-0.15, -0.1) is 0 Å². The number of guanidine groups is 1. The van der Waals surface area contributed by atoms with Crippen LogP contribution in [-0.4, -0.2) is 73.2 Å². The largest absolute Gasteiger partial charge is 0.357 e. The van der Waals surface area contributed by atoms with E-state index in [4.69, 9.17) is 4.99 Å². The lowest BCUT2D eigenvalue weighted by Gasteiger charge is -2.34. The van der Waals surface area contributed by atoms with Crippen molar-refractivity contribution in [3.05, 3.63) is 18.5 Å². The summed E-state index contributed by atoms with van der Waals surface area (Å²) in [7, 11) is 0. The fraction of sp³-hybridized carbons (Fsp3) is 0.750. The van der Waals surface area contributed by atoms with Crippen LogP contribution in [0.4, 0.5) is 5.95 Å². The van der Waals surface area contributed by atoms with E-state index < -0.39 is 0 Å². The predicted octanol–water partition coefficient (Wildman–Crippen LogP) is 1.98. The van der Waals surface area contributed by atoms with Crippen LogP contribution in [0.5, 0.6) is 0 Å². The van der Waals surface area contributed by atoms with Crippen LogP contribution in [0, 0.1) is 5.92 Å². The zero-order chi connectivity index (χ0) is 19.3. The van der Waals surface area contributed by atoms with Crippen molar-refractivity contribution in [1.82, 2.24) is 25.5 Å². The van der Waals surface area contributed by atoms with Crippen LogP contribution < -0.4 is 15.5 Å². The van der Waals surface area contributed by atoms with E-state index in [0.29, 0.717) is 0 Å². The molecule has 0 bridgehead atoms. The Morgan fingerprint density at radius 1 is 1.11 bits per heavy atom. The Kier molecular flexibility index (Phi) is 9.90. The van der Waals surface area contributed by atoms with Crippen LogP contribution in [0.25, 0.3) is 0 Å². The van der Waals surface area contributed by atoms with Crippen LogP contribution >= 0.6 is 0 Å². The number of hydrogen-bond donors (Lipinski definition) is 2. The predicted molar refractivity (Wildman–Crippen MR) is 113 cm³/mol. The van der Waals surface area contributed by atoms with Gasteiger partial charge in [-0.05, 0) is 38.2 Å². The Morgan fingerprint density at radius 3 is 2.52 bits per heavy atom. The molecule has 1 aromatic heterocycles. The molecule has 7 heteroatoms. The van der Waals surface area contributed by atoms with Gasteiger partial charge in [-0.1, -0.05) is 13.8 Å². The highest BCUT2D eigenvalue weighted by Crippen LogP contribution is 2.09. The number of aromatic nitrogens is 2. The molecule has 1 aromatic rings. The molecule has 0 aromatic carbocycles. The molecule has 7 nitrogen and oxygen atoms in total. The summed E-state index contributed by atoms with van der Waals surface area (Å²) in [6.45, 7) is 14.6. The third-order valence-corrected chi connectivity index (χ3v) is 4.70. The molecule has 0 spiro atoms. The molecule has 0 saturated carbocycles. The molecular formula is C20H37N7. The van der Waals surface area contributed by atoms with E-state index in [-0.39, 0.29) is 0 Å². The third-order valence-electron chi connectivity index (χ3n) is 4.70. The second-order valence-electron chi connectivity index (χ2n) is 7.45. The van der Waals surface area contributed by atoms with Gasteiger partial charge in [-0.25, -0.2) is 9.97 Å². The number of anilines is 1. The summed E-state index contributed by atoms with van der Waals surface area (Å²) in [5, 5.41) is 6.78. The van der Waals surface area contributed by atoms with E-state index in [1.165, 1.54) is 12.8 Å². The summed E-state index contributed by atoms with van der Waals surface area (Å²) in [4.78, 5) is 18.2. The average molecular weight is 376 g/mol. The summed E-state index contributed by atoms with van der Waals surface area (Å²) in [5.41, 5.74) is 0. The Morgan fingerprint density at radius 2 is 1.85 bits per heavy atom. The number of hydrogen-bond acceptors (Lipinski definition) is 5. The first kappa shape index (κ1) is 21.4. The first-order valence-corrected chi connectivity index (χ1v) is 10.5. The average Bonchev–Trinajstić information content (AvgIpc) is 2.69. The maximum atomic E-state index is 4.71. The summed E-state index contributed by atoms with van der Waals surface area (Å²) < 4.78 is 0. The van der Waals surface area contributed by atoms with E-state index in [1.54, 1.807) is 0 Å². The number of piperazine rings is 1. The number of rotatable bonds is 10. The molecule has 1 fully saturated rings. The summed E-state index contributed by atoms with van der Waals surface area (Å²) in [5.74, 6) is 2.56. The van der Waals surface area contributed by atoms with Crippen LogP contribution in [0.1, 0.15) is 40.0 Å². The highest BCUT2D eigenvalue weighted by molar-refractivity contribution is 5.79. The van der Waals surface area contributed by atoms with Crippen molar-refractivity contribution < 1.29 is 0 Å². The summed E-state index contributed by atoms with van der Waals surface area (Å²) in [6.07, 6.45) is 7.16. The van der Waals surface area contributed by atoms with Crippen molar-refractivity contribution in [3.8, 4) is 0 Å². The molecule has 2 heterocycles. The molecule has 0 atom stereocenters. The van der Waals surface area contributed by atoms with Crippen molar-refractivity contribution in [2.75, 3.05) is 57.3 Å². The van der Waals surface area contributed by atoms with E-state index in [1.807, 2.05) is 18.5 Å². The minimum Gasteiger partial charge on any atom is -0.357 e. The van der Waals surface area contributed by atoms with Crippen molar-refractivity contribution in [2.24, 2.45) is 10.9 Å². The van der Waals surface area contributed by atoms with Crippen molar-refractivity contribution >= 4 is 11.9 Å². The second kappa shape index (κ2) is 12.5. The van der Waals surface area contributed by atoms with Gasteiger partial charge >= 0.3 is 0 Å². The van der Waals surface area contributed by atoms with Gasteiger partial charge in [-0.2, -0.15) is 0 Å². The van der Waals surface area contributed by atoms with E-state index in [0.717, 1.165) is 76.6 Å². The van der Waals surface area contributed by atoms with Gasteiger partial charge < -0.3 is 15.5 Å². The smallest absolute Gasteiger partial charge is 0.225 e. The van der Waals surface area contributed by atoms with Gasteiger partial charge in [-0.3, -0.25) is 9.89 Å². The fourth-order valence-corrected chi connectivity index (χ4v) is 3.17. The van der Waals surface area contributed by atoms with E-state index in [2.05, 4.69) is 51.2 Å². The lowest BCUT2D eigenvalue weighted by molar-refractivity contribution is 0.255. The van der Waals surface area contributed by atoms with Gasteiger partial charge in [0.2, 0.25) is 5.95 Å². The van der Waals surface area contributed by atoms with Crippen LogP contribution in [0.15, 0.2) is 23.5 Å². The lowest BCUT2D eigenvalue weighted by atomic mass is 10.1. The Hall–Kier alpha value is -1.89. The molecule has 1 saturated heterocycles. The maximum absolute atomic E-state index is 4.71. The minimum absolute atomic E-state index is 0.764. The van der Waals surface area contributed by atoms with Gasteiger partial charge in [0.1, 0.15) is 0 Å². The molecular weight excluding hydrogens is 338 g/mol. The van der Waals surface area contributed by atoms with Gasteiger partial charge in [0, 0.05) is 64.8 Å². The zero-order valence-electron chi connectivity index (χ0n) is 17.3. The number of aliphatic imine (C=N–C) groups is 1. The quantitative estimate of drug-likeness (QED) is 0.370. The fourth-order valence-electron chi connectivity index (χ4n) is 3.17. The standard InChI is InChI=1S/C20H37N7/c1-4-21-19(22-9-5-8-18(2)3)23-12-7-13-26-14-16-27(17-15-26)20-24-10-6-11-25-20/h6,10-11,18H,4-5,7-9,12-17H2,1-3H3,(H2,21,22,23). The van der Waals surface area contributed by atoms with Crippen molar-refractivity contribution in [1.29, 1.82) is 0 Å². The molecule has 0 amide bonds. The topological polar surface area (TPSA) is 68.7 Å². The molecule has 1 aliphatic rings. The molecule has 152 valence electrons. The number of nitrogens with zero attached hydrogens (tertiary/aromatic N) is 5. The molecule has 0 unspecified atom stereocenters. The van der Waals surface area contributed by atoms with Gasteiger partial charge in [0.25, 0.3) is 0 Å². The van der Waals surface area contributed by atoms with E-state index >= 15 is 0 Å². The molecule has 27 heavy (non-hydrogen) atoms. The highest BCUT2D eigenvalue weighted by atomic mass is 15.3. The monoisotopic (exact) mass is 375 g/mol.